The van der Waals surface area contributed by atoms with Crippen LogP contribution in [0.1, 0.15) is 21.5 Å². The minimum Gasteiger partial charge on any atom is -0.493 e. The minimum absolute atomic E-state index is 0.0271. The van der Waals surface area contributed by atoms with Gasteiger partial charge in [0.2, 0.25) is 15.9 Å². The first-order valence-electron chi connectivity index (χ1n) is 10.9. The molecule has 0 bridgehead atoms. The fourth-order valence-corrected chi connectivity index (χ4v) is 4.88. The largest absolute Gasteiger partial charge is 0.493 e. The molecule has 0 aliphatic rings. The Balaban J connectivity index is 1.95. The predicted molar refractivity (Wildman–Crippen MR) is 135 cm³/mol. The summed E-state index contributed by atoms with van der Waals surface area (Å²) >= 11 is 0. The molecule has 3 aromatic carbocycles. The maximum atomic E-state index is 13.4. The van der Waals surface area contributed by atoms with Gasteiger partial charge in [0.1, 0.15) is 0 Å². The summed E-state index contributed by atoms with van der Waals surface area (Å²) in [7, 11) is 0.0185. The van der Waals surface area contributed by atoms with Crippen molar-refractivity contribution in [2.45, 2.75) is 18.4 Å². The smallest absolute Gasteiger partial charge is 0.340 e. The van der Waals surface area contributed by atoms with Gasteiger partial charge >= 0.3 is 5.97 Å². The van der Waals surface area contributed by atoms with E-state index in [1.54, 1.807) is 18.2 Å². The fraction of sp³-hybridized carbons (Fsp3) is 0.231. The Morgan fingerprint density at radius 1 is 0.889 bits per heavy atom. The van der Waals surface area contributed by atoms with E-state index in [2.05, 4.69) is 5.32 Å². The van der Waals surface area contributed by atoms with Crippen LogP contribution in [0.25, 0.3) is 0 Å². The van der Waals surface area contributed by atoms with Crippen LogP contribution in [0, 0.1) is 6.92 Å². The van der Waals surface area contributed by atoms with Crippen LogP contribution >= 0.6 is 0 Å². The molecule has 0 fully saturated rings. The third-order valence-electron chi connectivity index (χ3n) is 5.38. The number of benzene rings is 3. The van der Waals surface area contributed by atoms with E-state index < -0.39 is 28.4 Å². The Morgan fingerprint density at radius 3 is 2.08 bits per heavy atom. The highest BCUT2D eigenvalue weighted by atomic mass is 32.2. The van der Waals surface area contributed by atoms with Crippen LogP contribution in [0.5, 0.6) is 11.5 Å². The van der Waals surface area contributed by atoms with Crippen molar-refractivity contribution in [2.24, 2.45) is 0 Å². The molecule has 0 aromatic heterocycles. The quantitative estimate of drug-likeness (QED) is 0.413. The summed E-state index contributed by atoms with van der Waals surface area (Å²) in [4.78, 5) is 25.5. The molecular formula is C26H28N2O7S. The zero-order valence-corrected chi connectivity index (χ0v) is 21.3. The molecule has 0 radical (unpaired) electrons. The molecule has 9 nitrogen and oxygen atoms in total. The van der Waals surface area contributed by atoms with E-state index in [1.165, 1.54) is 45.6 Å². The maximum Gasteiger partial charge on any atom is 0.340 e. The predicted octanol–water partition coefficient (Wildman–Crippen LogP) is 3.63. The van der Waals surface area contributed by atoms with Crippen molar-refractivity contribution < 1.29 is 32.2 Å². The molecule has 36 heavy (non-hydrogen) atoms. The molecule has 10 heteroatoms. The number of amides is 1. The van der Waals surface area contributed by atoms with Crippen molar-refractivity contribution in [2.75, 3.05) is 33.2 Å². The summed E-state index contributed by atoms with van der Waals surface area (Å²) in [5.41, 5.74) is 1.86. The standard InChI is InChI=1S/C26H28N2O7S/c1-18-10-12-19(13-11-18)16-28(36(31,32)20-8-6-5-7-9-20)17-25(29)27-22-15-24(34-3)23(33-2)14-21(22)26(30)35-4/h5-15H,16-17H2,1-4H3,(H,27,29). The van der Waals surface area contributed by atoms with E-state index in [4.69, 9.17) is 14.2 Å². The molecular weight excluding hydrogens is 484 g/mol. The Hall–Kier alpha value is -3.89. The summed E-state index contributed by atoms with van der Waals surface area (Å²) in [5.74, 6) is -0.823. The lowest BCUT2D eigenvalue weighted by Gasteiger charge is -2.22. The van der Waals surface area contributed by atoms with Crippen molar-refractivity contribution in [1.29, 1.82) is 0 Å². The molecule has 190 valence electrons. The zero-order chi connectivity index (χ0) is 26.3. The SMILES string of the molecule is COC(=O)c1cc(OC)c(OC)cc1NC(=O)CN(Cc1ccc(C)cc1)S(=O)(=O)c1ccccc1. The van der Waals surface area contributed by atoms with E-state index in [-0.39, 0.29) is 34.2 Å². The van der Waals surface area contributed by atoms with E-state index in [0.717, 1.165) is 9.87 Å². The molecule has 3 rings (SSSR count). The normalized spacial score (nSPS) is 11.1. The molecule has 0 unspecified atom stereocenters. The van der Waals surface area contributed by atoms with E-state index >= 15 is 0 Å². The first-order chi connectivity index (χ1) is 17.2. The number of carbonyl (C=O) groups excluding carboxylic acids is 2. The number of nitrogens with zero attached hydrogens (tertiary/aromatic N) is 1. The van der Waals surface area contributed by atoms with Crippen LogP contribution in [0.4, 0.5) is 5.69 Å². The molecule has 0 spiro atoms. The third-order valence-corrected chi connectivity index (χ3v) is 7.19. The highest BCUT2D eigenvalue weighted by molar-refractivity contribution is 7.89. The van der Waals surface area contributed by atoms with Crippen molar-refractivity contribution in [3.63, 3.8) is 0 Å². The van der Waals surface area contributed by atoms with Gasteiger partial charge in [0.15, 0.2) is 11.5 Å². The molecule has 0 aliphatic carbocycles. The number of hydrogen-bond donors (Lipinski definition) is 1. The molecule has 0 heterocycles. The average molecular weight is 513 g/mol. The first-order valence-corrected chi connectivity index (χ1v) is 12.4. The van der Waals surface area contributed by atoms with Crippen molar-refractivity contribution in [3.05, 3.63) is 83.4 Å². The second kappa shape index (κ2) is 11.7. The fourth-order valence-electron chi connectivity index (χ4n) is 3.48. The van der Waals surface area contributed by atoms with Crippen molar-refractivity contribution in [3.8, 4) is 11.5 Å². The molecule has 0 atom stereocenters. The maximum absolute atomic E-state index is 13.4. The lowest BCUT2D eigenvalue weighted by molar-refractivity contribution is -0.116. The topological polar surface area (TPSA) is 111 Å². The Labute approximate surface area is 210 Å². The second-order valence-corrected chi connectivity index (χ2v) is 9.80. The Bertz CT molecular complexity index is 1320. The number of ether oxygens (including phenoxy) is 3. The van der Waals surface area contributed by atoms with Crippen LogP contribution < -0.4 is 14.8 Å². The summed E-state index contributed by atoms with van der Waals surface area (Å²) in [6.45, 7) is 1.40. The monoisotopic (exact) mass is 512 g/mol. The summed E-state index contributed by atoms with van der Waals surface area (Å²) < 4.78 is 43.3. The number of sulfonamides is 1. The lowest BCUT2D eigenvalue weighted by Crippen LogP contribution is -2.37. The zero-order valence-electron chi connectivity index (χ0n) is 20.5. The van der Waals surface area contributed by atoms with Gasteiger partial charge in [0, 0.05) is 18.7 Å². The van der Waals surface area contributed by atoms with Gasteiger partial charge < -0.3 is 19.5 Å². The number of methoxy groups -OCH3 is 3. The highest BCUT2D eigenvalue weighted by Crippen LogP contribution is 2.34. The average Bonchev–Trinajstić information content (AvgIpc) is 2.89. The number of anilines is 1. The van der Waals surface area contributed by atoms with E-state index in [0.29, 0.717) is 5.56 Å². The molecule has 0 saturated heterocycles. The first kappa shape index (κ1) is 26.7. The lowest BCUT2D eigenvalue weighted by atomic mass is 10.1. The van der Waals surface area contributed by atoms with Crippen LogP contribution in [-0.2, 0) is 26.1 Å². The van der Waals surface area contributed by atoms with E-state index in [9.17, 15) is 18.0 Å². The molecule has 1 N–H and O–H groups in total. The van der Waals surface area contributed by atoms with Gasteiger partial charge in [0.05, 0.1) is 44.0 Å². The second-order valence-electron chi connectivity index (χ2n) is 7.86. The summed E-state index contributed by atoms with van der Waals surface area (Å²) in [6, 6.07) is 18.0. The van der Waals surface area contributed by atoms with Crippen LogP contribution in [0.2, 0.25) is 0 Å². The van der Waals surface area contributed by atoms with Gasteiger partial charge in [-0.3, -0.25) is 4.79 Å². The number of rotatable bonds is 10. The van der Waals surface area contributed by atoms with Crippen molar-refractivity contribution in [1.82, 2.24) is 4.31 Å². The van der Waals surface area contributed by atoms with Crippen molar-refractivity contribution >= 4 is 27.6 Å². The number of esters is 1. The summed E-state index contributed by atoms with van der Waals surface area (Å²) in [5, 5.41) is 2.62. The number of aryl methyl sites for hydroxylation is 1. The van der Waals surface area contributed by atoms with Gasteiger partial charge in [-0.2, -0.15) is 4.31 Å². The van der Waals surface area contributed by atoms with Gasteiger partial charge in [-0.15, -0.1) is 0 Å². The van der Waals surface area contributed by atoms with Gasteiger partial charge in [-0.25, -0.2) is 13.2 Å². The third kappa shape index (κ3) is 6.21. The Kier molecular flexibility index (Phi) is 8.68. The molecule has 0 saturated carbocycles. The van der Waals surface area contributed by atoms with Gasteiger partial charge in [-0.05, 0) is 24.6 Å². The molecule has 0 aliphatic heterocycles. The summed E-state index contributed by atoms with van der Waals surface area (Å²) in [6.07, 6.45) is 0. The van der Waals surface area contributed by atoms with E-state index in [1.807, 2.05) is 31.2 Å². The molecule has 3 aromatic rings. The van der Waals surface area contributed by atoms with Crippen LogP contribution in [0.15, 0.2) is 71.6 Å². The van der Waals surface area contributed by atoms with Crippen LogP contribution in [0.3, 0.4) is 0 Å². The highest BCUT2D eigenvalue weighted by Gasteiger charge is 2.28. The minimum atomic E-state index is -4.02. The number of nitrogens with one attached hydrogen (secondary N) is 1. The number of carbonyl (C=O) groups is 2. The Morgan fingerprint density at radius 2 is 1.50 bits per heavy atom. The van der Waals surface area contributed by atoms with Crippen LogP contribution in [-0.4, -0.2) is 52.5 Å². The molecule has 1 amide bonds. The number of hydrogen-bond acceptors (Lipinski definition) is 7. The van der Waals surface area contributed by atoms with Gasteiger partial charge in [-0.1, -0.05) is 48.0 Å². The van der Waals surface area contributed by atoms with Gasteiger partial charge in [0.25, 0.3) is 0 Å².